The standard InChI is InChI=1S/C11H16N2O2/c1-4-9(2)13(12-14)10-5-7-11(15-3)8-6-10/h5-9H,4H2,1-3H3. The van der Waals surface area contributed by atoms with Crippen LogP contribution in [0.2, 0.25) is 0 Å². The fraction of sp³-hybridized carbons (Fsp3) is 0.455. The molecule has 0 spiro atoms. The summed E-state index contributed by atoms with van der Waals surface area (Å²) in [6.45, 7) is 3.98. The predicted molar refractivity (Wildman–Crippen MR) is 61.0 cm³/mol. The van der Waals surface area contributed by atoms with Crippen LogP contribution in [0.4, 0.5) is 5.69 Å². The zero-order valence-corrected chi connectivity index (χ0v) is 9.30. The Morgan fingerprint density at radius 3 is 2.40 bits per heavy atom. The van der Waals surface area contributed by atoms with Gasteiger partial charge in [-0.2, -0.15) is 0 Å². The monoisotopic (exact) mass is 208 g/mol. The second kappa shape index (κ2) is 5.34. The molecule has 0 saturated carbocycles. The van der Waals surface area contributed by atoms with Gasteiger partial charge in [0.15, 0.2) is 0 Å². The van der Waals surface area contributed by atoms with Crippen molar-refractivity contribution in [2.24, 2.45) is 5.29 Å². The molecule has 0 aliphatic carbocycles. The van der Waals surface area contributed by atoms with Crippen molar-refractivity contribution in [3.05, 3.63) is 29.2 Å². The fourth-order valence-corrected chi connectivity index (χ4v) is 1.29. The lowest BCUT2D eigenvalue weighted by Crippen LogP contribution is -2.26. The molecule has 4 nitrogen and oxygen atoms in total. The van der Waals surface area contributed by atoms with Crippen LogP contribution in [0.1, 0.15) is 20.3 Å². The van der Waals surface area contributed by atoms with E-state index >= 15 is 0 Å². The highest BCUT2D eigenvalue weighted by atomic mass is 16.5. The third-order valence-electron chi connectivity index (χ3n) is 2.43. The van der Waals surface area contributed by atoms with E-state index in [1.54, 1.807) is 7.11 Å². The van der Waals surface area contributed by atoms with E-state index in [0.29, 0.717) is 0 Å². The van der Waals surface area contributed by atoms with Crippen molar-refractivity contribution in [3.63, 3.8) is 0 Å². The van der Waals surface area contributed by atoms with Crippen molar-refractivity contribution in [2.75, 3.05) is 12.1 Å². The molecule has 1 aromatic rings. The summed E-state index contributed by atoms with van der Waals surface area (Å²) in [5, 5.41) is 4.50. The van der Waals surface area contributed by atoms with Crippen molar-refractivity contribution in [2.45, 2.75) is 26.3 Å². The minimum Gasteiger partial charge on any atom is -0.497 e. The van der Waals surface area contributed by atoms with Crippen LogP contribution in [0.3, 0.4) is 0 Å². The van der Waals surface area contributed by atoms with Crippen molar-refractivity contribution in [1.29, 1.82) is 0 Å². The first-order chi connectivity index (χ1) is 7.22. The first-order valence-corrected chi connectivity index (χ1v) is 4.99. The fourth-order valence-electron chi connectivity index (χ4n) is 1.29. The summed E-state index contributed by atoms with van der Waals surface area (Å²) in [6, 6.07) is 7.39. The Morgan fingerprint density at radius 2 is 2.00 bits per heavy atom. The Morgan fingerprint density at radius 1 is 1.40 bits per heavy atom. The number of rotatable bonds is 5. The molecule has 1 aromatic carbocycles. The Hall–Kier alpha value is -1.58. The lowest BCUT2D eigenvalue weighted by Gasteiger charge is -2.21. The van der Waals surface area contributed by atoms with Gasteiger partial charge in [0, 0.05) is 0 Å². The van der Waals surface area contributed by atoms with Gasteiger partial charge in [0.05, 0.1) is 24.1 Å². The maximum atomic E-state index is 10.7. The third kappa shape index (κ3) is 2.68. The van der Waals surface area contributed by atoms with Crippen LogP contribution in [-0.2, 0) is 0 Å². The van der Waals surface area contributed by atoms with Gasteiger partial charge in [-0.15, -0.1) is 4.91 Å². The topological polar surface area (TPSA) is 41.9 Å². The molecule has 1 rings (SSSR count). The quantitative estimate of drug-likeness (QED) is 0.551. The van der Waals surface area contributed by atoms with E-state index in [-0.39, 0.29) is 6.04 Å². The molecule has 0 fully saturated rings. The number of nitrogens with zero attached hydrogens (tertiary/aromatic N) is 2. The summed E-state index contributed by atoms with van der Waals surface area (Å²) in [4.78, 5) is 10.7. The average Bonchev–Trinajstić information content (AvgIpc) is 2.30. The molecule has 1 atom stereocenters. The van der Waals surface area contributed by atoms with Crippen LogP contribution >= 0.6 is 0 Å². The van der Waals surface area contributed by atoms with Gasteiger partial charge in [0.2, 0.25) is 0 Å². The molecule has 0 amide bonds. The lowest BCUT2D eigenvalue weighted by atomic mass is 10.2. The van der Waals surface area contributed by atoms with Crippen molar-refractivity contribution < 1.29 is 4.74 Å². The molecule has 0 aromatic heterocycles. The van der Waals surface area contributed by atoms with Crippen LogP contribution in [0, 0.1) is 4.91 Å². The summed E-state index contributed by atoms with van der Waals surface area (Å²) in [7, 11) is 1.61. The normalized spacial score (nSPS) is 11.9. The van der Waals surface area contributed by atoms with E-state index in [0.717, 1.165) is 17.9 Å². The van der Waals surface area contributed by atoms with E-state index in [1.165, 1.54) is 5.01 Å². The minimum absolute atomic E-state index is 0.107. The number of nitroso groups, excluding NO2 is 1. The molecule has 4 heteroatoms. The van der Waals surface area contributed by atoms with E-state index in [2.05, 4.69) is 5.29 Å². The number of hydrogen-bond acceptors (Lipinski definition) is 3. The molecule has 1 unspecified atom stereocenters. The lowest BCUT2D eigenvalue weighted by molar-refractivity contribution is 0.414. The third-order valence-corrected chi connectivity index (χ3v) is 2.43. The number of benzene rings is 1. The van der Waals surface area contributed by atoms with Crippen molar-refractivity contribution in [3.8, 4) is 5.75 Å². The minimum atomic E-state index is 0.107. The maximum absolute atomic E-state index is 10.7. The second-order valence-corrected chi connectivity index (χ2v) is 3.38. The summed E-state index contributed by atoms with van der Waals surface area (Å²) in [5.74, 6) is 0.772. The highest BCUT2D eigenvalue weighted by molar-refractivity contribution is 5.48. The Labute approximate surface area is 89.8 Å². The van der Waals surface area contributed by atoms with Gasteiger partial charge in [-0.05, 0) is 37.6 Å². The Bertz CT molecular complexity index is 311. The molecule has 15 heavy (non-hydrogen) atoms. The molecule has 0 heterocycles. The SMILES string of the molecule is CCC(C)N(N=O)c1ccc(OC)cc1. The van der Waals surface area contributed by atoms with Gasteiger partial charge >= 0.3 is 0 Å². The summed E-state index contributed by atoms with van der Waals surface area (Å²) < 4.78 is 5.04. The molecular formula is C11H16N2O2. The van der Waals surface area contributed by atoms with E-state index < -0.39 is 0 Å². The van der Waals surface area contributed by atoms with Gasteiger partial charge in [-0.25, -0.2) is 5.01 Å². The summed E-state index contributed by atoms with van der Waals surface area (Å²) >= 11 is 0. The average molecular weight is 208 g/mol. The molecule has 0 N–H and O–H groups in total. The predicted octanol–water partition coefficient (Wildman–Crippen LogP) is 2.98. The van der Waals surface area contributed by atoms with Gasteiger partial charge in [-0.3, -0.25) is 0 Å². The molecule has 82 valence electrons. The van der Waals surface area contributed by atoms with Gasteiger partial charge in [0.25, 0.3) is 0 Å². The van der Waals surface area contributed by atoms with Gasteiger partial charge in [-0.1, -0.05) is 6.92 Å². The molecular weight excluding hydrogens is 192 g/mol. The largest absolute Gasteiger partial charge is 0.497 e. The van der Waals surface area contributed by atoms with E-state index in [1.807, 2.05) is 38.1 Å². The van der Waals surface area contributed by atoms with Crippen LogP contribution in [0.15, 0.2) is 29.6 Å². The number of hydrogen-bond donors (Lipinski definition) is 0. The maximum Gasteiger partial charge on any atom is 0.119 e. The molecule has 0 saturated heterocycles. The highest BCUT2D eigenvalue weighted by Gasteiger charge is 2.13. The van der Waals surface area contributed by atoms with E-state index in [4.69, 9.17) is 4.74 Å². The van der Waals surface area contributed by atoms with Crippen molar-refractivity contribution >= 4 is 5.69 Å². The molecule has 0 bridgehead atoms. The Balaban J connectivity index is 2.87. The molecule has 0 aliphatic heterocycles. The van der Waals surface area contributed by atoms with Gasteiger partial charge in [0.1, 0.15) is 5.75 Å². The zero-order valence-electron chi connectivity index (χ0n) is 9.30. The first-order valence-electron chi connectivity index (χ1n) is 4.99. The van der Waals surface area contributed by atoms with Crippen LogP contribution in [0.25, 0.3) is 0 Å². The number of methoxy groups -OCH3 is 1. The summed E-state index contributed by atoms with van der Waals surface area (Å²) in [6.07, 6.45) is 0.873. The smallest absolute Gasteiger partial charge is 0.119 e. The molecule has 0 aliphatic rings. The Kier molecular flexibility index (Phi) is 4.09. The van der Waals surface area contributed by atoms with Gasteiger partial charge < -0.3 is 4.74 Å². The highest BCUT2D eigenvalue weighted by Crippen LogP contribution is 2.22. The van der Waals surface area contributed by atoms with Crippen LogP contribution < -0.4 is 9.75 Å². The van der Waals surface area contributed by atoms with Crippen molar-refractivity contribution in [1.82, 2.24) is 0 Å². The molecule has 0 radical (unpaired) electrons. The van der Waals surface area contributed by atoms with Crippen LogP contribution in [-0.4, -0.2) is 13.2 Å². The van der Waals surface area contributed by atoms with E-state index in [9.17, 15) is 4.91 Å². The number of anilines is 1. The second-order valence-electron chi connectivity index (χ2n) is 3.38. The van der Waals surface area contributed by atoms with Crippen LogP contribution in [0.5, 0.6) is 5.75 Å². The number of ether oxygens (including phenoxy) is 1. The first kappa shape index (κ1) is 11.5. The summed E-state index contributed by atoms with van der Waals surface area (Å²) in [5.41, 5.74) is 0.792. The zero-order chi connectivity index (χ0) is 11.3.